The summed E-state index contributed by atoms with van der Waals surface area (Å²) >= 11 is 0. The molecule has 2 aromatic rings. The van der Waals surface area contributed by atoms with Gasteiger partial charge in [-0.25, -0.2) is 0 Å². The predicted molar refractivity (Wildman–Crippen MR) is 58.7 cm³/mol. The summed E-state index contributed by atoms with van der Waals surface area (Å²) < 4.78 is 0. The number of phenols is 1. The van der Waals surface area contributed by atoms with Gasteiger partial charge in [0, 0.05) is 11.8 Å². The Morgan fingerprint density at radius 2 is 2.20 bits per heavy atom. The maximum Gasteiger partial charge on any atom is 0.124 e. The normalized spacial score (nSPS) is 11.0. The lowest BCUT2D eigenvalue weighted by Crippen LogP contribution is -1.80. The van der Waals surface area contributed by atoms with Gasteiger partial charge >= 0.3 is 0 Å². The van der Waals surface area contributed by atoms with Crippen LogP contribution in [0.25, 0.3) is 0 Å². The molecule has 1 aromatic carbocycles. The zero-order valence-corrected chi connectivity index (χ0v) is 8.31. The Bertz CT molecular complexity index is 488. The van der Waals surface area contributed by atoms with Gasteiger partial charge in [0.15, 0.2) is 0 Å². The van der Waals surface area contributed by atoms with E-state index >= 15 is 0 Å². The van der Waals surface area contributed by atoms with Crippen molar-refractivity contribution in [1.82, 2.24) is 10.2 Å². The lowest BCUT2D eigenvalue weighted by Gasteiger charge is -1.96. The smallest absolute Gasteiger partial charge is 0.124 e. The number of aromatic nitrogens is 2. The number of aromatic amines is 1. The lowest BCUT2D eigenvalue weighted by atomic mass is 10.2. The summed E-state index contributed by atoms with van der Waals surface area (Å²) in [6.07, 6.45) is 3.26. The Kier molecular flexibility index (Phi) is 2.49. The average Bonchev–Trinajstić information content (AvgIpc) is 2.63. The molecule has 0 radical (unpaired) electrons. The van der Waals surface area contributed by atoms with Gasteiger partial charge < -0.3 is 5.11 Å². The standard InChI is InChI=1S/C11H11N3O/c1-8-10(7-13-14-8)12-6-9-4-2-3-5-11(9)15/h2-7,15H,1H3,(H,13,14). The number of phenolic OH excluding ortho intramolecular Hbond substituents is 1. The molecule has 0 spiro atoms. The highest BCUT2D eigenvalue weighted by Crippen LogP contribution is 2.17. The first-order valence-corrected chi connectivity index (χ1v) is 4.59. The van der Waals surface area contributed by atoms with Gasteiger partial charge in [-0.2, -0.15) is 5.10 Å². The molecule has 1 aromatic heterocycles. The van der Waals surface area contributed by atoms with Gasteiger partial charge in [-0.15, -0.1) is 0 Å². The monoisotopic (exact) mass is 201 g/mol. The van der Waals surface area contributed by atoms with E-state index in [-0.39, 0.29) is 5.75 Å². The molecule has 15 heavy (non-hydrogen) atoms. The van der Waals surface area contributed by atoms with Gasteiger partial charge in [0.2, 0.25) is 0 Å². The second-order valence-corrected chi connectivity index (χ2v) is 3.20. The number of hydrogen-bond acceptors (Lipinski definition) is 3. The highest BCUT2D eigenvalue weighted by molar-refractivity contribution is 5.85. The summed E-state index contributed by atoms with van der Waals surface area (Å²) in [7, 11) is 0. The first-order valence-electron chi connectivity index (χ1n) is 4.59. The molecule has 0 aliphatic rings. The summed E-state index contributed by atoms with van der Waals surface area (Å²) in [4.78, 5) is 4.22. The van der Waals surface area contributed by atoms with Crippen molar-refractivity contribution < 1.29 is 5.11 Å². The van der Waals surface area contributed by atoms with E-state index in [2.05, 4.69) is 15.2 Å². The molecule has 0 unspecified atom stereocenters. The topological polar surface area (TPSA) is 61.3 Å². The molecule has 2 N–H and O–H groups in total. The first-order chi connectivity index (χ1) is 7.27. The molecule has 0 atom stereocenters. The Balaban J connectivity index is 2.26. The SMILES string of the molecule is Cc1[nH]ncc1N=Cc1ccccc1O. The van der Waals surface area contributed by atoms with Crippen LogP contribution in [0.1, 0.15) is 11.3 Å². The third-order valence-electron chi connectivity index (χ3n) is 2.08. The van der Waals surface area contributed by atoms with Crippen LogP contribution in [0.3, 0.4) is 0 Å². The van der Waals surface area contributed by atoms with E-state index in [4.69, 9.17) is 0 Å². The van der Waals surface area contributed by atoms with Crippen LogP contribution >= 0.6 is 0 Å². The second kappa shape index (κ2) is 3.96. The van der Waals surface area contributed by atoms with Crippen molar-refractivity contribution in [2.24, 2.45) is 4.99 Å². The zero-order chi connectivity index (χ0) is 10.7. The van der Waals surface area contributed by atoms with E-state index in [1.54, 1.807) is 30.6 Å². The molecule has 0 fully saturated rings. The van der Waals surface area contributed by atoms with Crippen LogP contribution in [0.5, 0.6) is 5.75 Å². The summed E-state index contributed by atoms with van der Waals surface area (Å²) in [5.74, 6) is 0.224. The van der Waals surface area contributed by atoms with Crippen LogP contribution in [-0.2, 0) is 0 Å². The molecule has 0 aliphatic heterocycles. The Labute approximate surface area is 87.3 Å². The molecule has 4 heteroatoms. The molecule has 0 amide bonds. The Morgan fingerprint density at radius 3 is 2.87 bits per heavy atom. The quantitative estimate of drug-likeness (QED) is 0.731. The fourth-order valence-corrected chi connectivity index (χ4v) is 1.21. The van der Waals surface area contributed by atoms with Crippen molar-refractivity contribution in [1.29, 1.82) is 0 Å². The highest BCUT2D eigenvalue weighted by Gasteiger charge is 1.98. The predicted octanol–water partition coefficient (Wildman–Crippen LogP) is 2.17. The van der Waals surface area contributed by atoms with Crippen LogP contribution in [-0.4, -0.2) is 21.5 Å². The summed E-state index contributed by atoms with van der Waals surface area (Å²) in [6.45, 7) is 1.89. The minimum atomic E-state index is 0.224. The minimum Gasteiger partial charge on any atom is -0.507 e. The second-order valence-electron chi connectivity index (χ2n) is 3.20. The number of aliphatic imine (C=N–C) groups is 1. The summed E-state index contributed by atoms with van der Waals surface area (Å²) in [6, 6.07) is 7.05. The van der Waals surface area contributed by atoms with Gasteiger partial charge in [0.1, 0.15) is 11.4 Å². The molecule has 1 heterocycles. The maximum atomic E-state index is 9.49. The number of nitrogens with zero attached hydrogens (tertiary/aromatic N) is 2. The number of nitrogens with one attached hydrogen (secondary N) is 1. The van der Waals surface area contributed by atoms with Crippen molar-refractivity contribution >= 4 is 11.9 Å². The number of rotatable bonds is 2. The van der Waals surface area contributed by atoms with Gasteiger partial charge in [0.25, 0.3) is 0 Å². The molecule has 0 aliphatic carbocycles. The summed E-state index contributed by atoms with van der Waals surface area (Å²) in [5.41, 5.74) is 2.37. The van der Waals surface area contributed by atoms with Crippen LogP contribution in [0.15, 0.2) is 35.5 Å². The Morgan fingerprint density at radius 1 is 1.40 bits per heavy atom. The number of hydrogen-bond donors (Lipinski definition) is 2. The number of H-pyrrole nitrogens is 1. The number of para-hydroxylation sites is 1. The fourth-order valence-electron chi connectivity index (χ4n) is 1.21. The minimum absolute atomic E-state index is 0.224. The number of benzene rings is 1. The van der Waals surface area contributed by atoms with E-state index in [0.29, 0.717) is 5.56 Å². The van der Waals surface area contributed by atoms with E-state index in [1.165, 1.54) is 0 Å². The van der Waals surface area contributed by atoms with Crippen LogP contribution < -0.4 is 0 Å². The highest BCUT2D eigenvalue weighted by atomic mass is 16.3. The van der Waals surface area contributed by atoms with Crippen LogP contribution in [0.2, 0.25) is 0 Å². The lowest BCUT2D eigenvalue weighted by molar-refractivity contribution is 0.474. The van der Waals surface area contributed by atoms with Crippen LogP contribution in [0, 0.1) is 6.92 Å². The van der Waals surface area contributed by atoms with Crippen molar-refractivity contribution in [3.05, 3.63) is 41.7 Å². The van der Waals surface area contributed by atoms with Gasteiger partial charge in [0.05, 0.1) is 11.9 Å². The maximum absolute atomic E-state index is 9.49. The zero-order valence-electron chi connectivity index (χ0n) is 8.31. The molecular formula is C11H11N3O. The summed E-state index contributed by atoms with van der Waals surface area (Å²) in [5, 5.41) is 16.1. The van der Waals surface area contributed by atoms with Crippen molar-refractivity contribution in [3.63, 3.8) is 0 Å². The molecular weight excluding hydrogens is 190 g/mol. The number of aromatic hydroxyl groups is 1. The van der Waals surface area contributed by atoms with Crippen LogP contribution in [0.4, 0.5) is 5.69 Å². The number of aryl methyl sites for hydroxylation is 1. The molecule has 0 saturated carbocycles. The molecule has 0 bridgehead atoms. The van der Waals surface area contributed by atoms with Gasteiger partial charge in [-0.05, 0) is 19.1 Å². The fraction of sp³-hybridized carbons (Fsp3) is 0.0909. The van der Waals surface area contributed by atoms with Crippen molar-refractivity contribution in [2.75, 3.05) is 0 Å². The molecule has 2 rings (SSSR count). The van der Waals surface area contributed by atoms with E-state index in [0.717, 1.165) is 11.4 Å². The van der Waals surface area contributed by atoms with Gasteiger partial charge in [-0.3, -0.25) is 10.1 Å². The molecule has 0 saturated heterocycles. The van der Waals surface area contributed by atoms with E-state index in [9.17, 15) is 5.11 Å². The Hall–Kier alpha value is -2.10. The largest absolute Gasteiger partial charge is 0.507 e. The first kappa shape index (κ1) is 9.45. The third kappa shape index (κ3) is 2.04. The molecule has 4 nitrogen and oxygen atoms in total. The molecule has 76 valence electrons. The van der Waals surface area contributed by atoms with Crippen molar-refractivity contribution in [2.45, 2.75) is 6.92 Å². The van der Waals surface area contributed by atoms with Crippen molar-refractivity contribution in [3.8, 4) is 5.75 Å². The van der Waals surface area contributed by atoms with E-state index < -0.39 is 0 Å². The third-order valence-corrected chi connectivity index (χ3v) is 2.08. The average molecular weight is 201 g/mol. The van der Waals surface area contributed by atoms with E-state index in [1.807, 2.05) is 13.0 Å². The van der Waals surface area contributed by atoms with Gasteiger partial charge in [-0.1, -0.05) is 12.1 Å².